The zero-order valence-corrected chi connectivity index (χ0v) is 9.38. The molecular formula is C13H20O. The summed E-state index contributed by atoms with van der Waals surface area (Å²) in [6, 6.07) is 8.40. The minimum atomic E-state index is 0.0338. The highest BCUT2D eigenvalue weighted by atomic mass is 16.3. The van der Waals surface area contributed by atoms with Crippen molar-refractivity contribution < 1.29 is 5.11 Å². The van der Waals surface area contributed by atoms with Crippen molar-refractivity contribution in [2.75, 3.05) is 6.61 Å². The summed E-state index contributed by atoms with van der Waals surface area (Å²) < 4.78 is 0. The summed E-state index contributed by atoms with van der Waals surface area (Å²) in [7, 11) is 0. The molecule has 0 fully saturated rings. The standard InChI is InChI=1S/C13H20O/c1-4-13(3,10-14)9-12-8-6-5-7-11(12)2/h5-8,14H,4,9-10H2,1-3H3. The van der Waals surface area contributed by atoms with E-state index in [1.165, 1.54) is 11.1 Å². The first-order chi connectivity index (χ1) is 6.61. The van der Waals surface area contributed by atoms with E-state index in [1.807, 2.05) is 0 Å². The van der Waals surface area contributed by atoms with Crippen LogP contribution >= 0.6 is 0 Å². The summed E-state index contributed by atoms with van der Waals surface area (Å²) in [6.45, 7) is 6.66. The van der Waals surface area contributed by atoms with Crippen molar-refractivity contribution in [2.45, 2.75) is 33.6 Å². The average Bonchev–Trinajstić information content (AvgIpc) is 2.21. The lowest BCUT2D eigenvalue weighted by Crippen LogP contribution is -2.23. The Morgan fingerprint density at radius 1 is 1.29 bits per heavy atom. The maximum Gasteiger partial charge on any atom is 0.0487 e. The topological polar surface area (TPSA) is 20.2 Å². The molecule has 1 aromatic carbocycles. The van der Waals surface area contributed by atoms with Crippen LogP contribution in [0.1, 0.15) is 31.4 Å². The van der Waals surface area contributed by atoms with Crippen LogP contribution < -0.4 is 0 Å². The van der Waals surface area contributed by atoms with Crippen LogP contribution in [-0.4, -0.2) is 11.7 Å². The van der Waals surface area contributed by atoms with Crippen LogP contribution in [-0.2, 0) is 6.42 Å². The second kappa shape index (κ2) is 4.61. The number of aryl methyl sites for hydroxylation is 1. The van der Waals surface area contributed by atoms with Crippen LogP contribution in [0.4, 0.5) is 0 Å². The van der Waals surface area contributed by atoms with Gasteiger partial charge in [0.1, 0.15) is 0 Å². The first kappa shape index (κ1) is 11.3. The molecule has 0 heterocycles. The predicted octanol–water partition coefficient (Wildman–Crippen LogP) is 2.95. The molecule has 1 heteroatoms. The molecule has 0 aliphatic heterocycles. The van der Waals surface area contributed by atoms with Crippen molar-refractivity contribution >= 4 is 0 Å². The fraction of sp³-hybridized carbons (Fsp3) is 0.538. The smallest absolute Gasteiger partial charge is 0.0487 e. The van der Waals surface area contributed by atoms with Crippen LogP contribution in [0, 0.1) is 12.3 Å². The van der Waals surface area contributed by atoms with Gasteiger partial charge in [-0.2, -0.15) is 0 Å². The van der Waals surface area contributed by atoms with Crippen LogP contribution in [0.3, 0.4) is 0 Å². The molecule has 0 aliphatic carbocycles. The highest BCUT2D eigenvalue weighted by molar-refractivity contribution is 5.26. The molecule has 1 aromatic rings. The van der Waals surface area contributed by atoms with Crippen molar-refractivity contribution in [3.8, 4) is 0 Å². The monoisotopic (exact) mass is 192 g/mol. The van der Waals surface area contributed by atoms with Crippen molar-refractivity contribution in [1.82, 2.24) is 0 Å². The minimum absolute atomic E-state index is 0.0338. The predicted molar refractivity (Wildman–Crippen MR) is 60.4 cm³/mol. The molecule has 0 aliphatic rings. The molecule has 0 saturated carbocycles. The van der Waals surface area contributed by atoms with Gasteiger partial charge in [-0.25, -0.2) is 0 Å². The van der Waals surface area contributed by atoms with E-state index in [0.29, 0.717) is 0 Å². The molecule has 0 spiro atoms. The van der Waals surface area contributed by atoms with E-state index in [2.05, 4.69) is 45.0 Å². The Kier molecular flexibility index (Phi) is 3.70. The lowest BCUT2D eigenvalue weighted by atomic mass is 9.81. The molecule has 14 heavy (non-hydrogen) atoms. The van der Waals surface area contributed by atoms with Gasteiger partial charge in [0.15, 0.2) is 0 Å². The third kappa shape index (κ3) is 2.58. The van der Waals surface area contributed by atoms with E-state index in [9.17, 15) is 5.11 Å². The molecule has 1 rings (SSSR count). The van der Waals surface area contributed by atoms with Crippen molar-refractivity contribution in [3.63, 3.8) is 0 Å². The van der Waals surface area contributed by atoms with Gasteiger partial charge in [-0.05, 0) is 36.3 Å². The average molecular weight is 192 g/mol. The third-order valence-electron chi connectivity index (χ3n) is 3.11. The van der Waals surface area contributed by atoms with Gasteiger partial charge >= 0.3 is 0 Å². The van der Waals surface area contributed by atoms with Crippen LogP contribution in [0.2, 0.25) is 0 Å². The molecule has 0 amide bonds. The molecule has 0 bridgehead atoms. The van der Waals surface area contributed by atoms with Gasteiger partial charge in [0, 0.05) is 6.61 Å². The first-order valence-corrected chi connectivity index (χ1v) is 5.26. The van der Waals surface area contributed by atoms with Gasteiger partial charge in [-0.15, -0.1) is 0 Å². The van der Waals surface area contributed by atoms with E-state index < -0.39 is 0 Å². The Hall–Kier alpha value is -0.820. The van der Waals surface area contributed by atoms with Crippen LogP contribution in [0.25, 0.3) is 0 Å². The van der Waals surface area contributed by atoms with E-state index in [4.69, 9.17) is 0 Å². The summed E-state index contributed by atoms with van der Waals surface area (Å²) >= 11 is 0. The van der Waals surface area contributed by atoms with Crippen molar-refractivity contribution in [3.05, 3.63) is 35.4 Å². The summed E-state index contributed by atoms with van der Waals surface area (Å²) in [5.74, 6) is 0. The van der Waals surface area contributed by atoms with Gasteiger partial charge < -0.3 is 5.11 Å². The van der Waals surface area contributed by atoms with Crippen LogP contribution in [0.5, 0.6) is 0 Å². The number of aliphatic hydroxyl groups excluding tert-OH is 1. The molecular weight excluding hydrogens is 172 g/mol. The number of benzene rings is 1. The van der Waals surface area contributed by atoms with E-state index in [0.717, 1.165) is 12.8 Å². The fourth-order valence-corrected chi connectivity index (χ4v) is 1.56. The molecule has 1 atom stereocenters. The minimum Gasteiger partial charge on any atom is -0.396 e. The largest absolute Gasteiger partial charge is 0.396 e. The van der Waals surface area contributed by atoms with Crippen LogP contribution in [0.15, 0.2) is 24.3 Å². The van der Waals surface area contributed by atoms with Gasteiger partial charge in [-0.1, -0.05) is 38.1 Å². The third-order valence-corrected chi connectivity index (χ3v) is 3.11. The summed E-state index contributed by atoms with van der Waals surface area (Å²) in [4.78, 5) is 0. The summed E-state index contributed by atoms with van der Waals surface area (Å²) in [6.07, 6.45) is 1.98. The second-order valence-electron chi connectivity index (χ2n) is 4.43. The summed E-state index contributed by atoms with van der Waals surface area (Å²) in [5.41, 5.74) is 2.71. The Morgan fingerprint density at radius 2 is 1.93 bits per heavy atom. The van der Waals surface area contributed by atoms with E-state index in [-0.39, 0.29) is 12.0 Å². The number of hydrogen-bond donors (Lipinski definition) is 1. The van der Waals surface area contributed by atoms with Gasteiger partial charge in [-0.3, -0.25) is 0 Å². The lowest BCUT2D eigenvalue weighted by molar-refractivity contribution is 0.137. The summed E-state index contributed by atoms with van der Waals surface area (Å²) in [5, 5.41) is 9.34. The lowest BCUT2D eigenvalue weighted by Gasteiger charge is -2.26. The number of rotatable bonds is 4. The Labute approximate surface area is 86.8 Å². The van der Waals surface area contributed by atoms with Gasteiger partial charge in [0.05, 0.1) is 0 Å². The van der Waals surface area contributed by atoms with Gasteiger partial charge in [0.25, 0.3) is 0 Å². The maximum atomic E-state index is 9.34. The highest BCUT2D eigenvalue weighted by Gasteiger charge is 2.21. The first-order valence-electron chi connectivity index (χ1n) is 5.26. The molecule has 1 unspecified atom stereocenters. The zero-order valence-electron chi connectivity index (χ0n) is 9.38. The Balaban J connectivity index is 2.82. The number of aliphatic hydroxyl groups is 1. The SMILES string of the molecule is CCC(C)(CO)Cc1ccccc1C. The fourth-order valence-electron chi connectivity index (χ4n) is 1.56. The van der Waals surface area contributed by atoms with Gasteiger partial charge in [0.2, 0.25) is 0 Å². The zero-order chi connectivity index (χ0) is 10.6. The Morgan fingerprint density at radius 3 is 2.43 bits per heavy atom. The normalized spacial score (nSPS) is 15.1. The maximum absolute atomic E-state index is 9.34. The number of hydrogen-bond acceptors (Lipinski definition) is 1. The molecule has 1 nitrogen and oxygen atoms in total. The molecule has 0 saturated heterocycles. The van der Waals surface area contributed by atoms with Crippen molar-refractivity contribution in [2.24, 2.45) is 5.41 Å². The van der Waals surface area contributed by atoms with E-state index in [1.54, 1.807) is 0 Å². The Bertz CT molecular complexity index is 287. The highest BCUT2D eigenvalue weighted by Crippen LogP contribution is 2.26. The molecule has 0 radical (unpaired) electrons. The second-order valence-corrected chi connectivity index (χ2v) is 4.43. The van der Waals surface area contributed by atoms with Crippen molar-refractivity contribution in [1.29, 1.82) is 0 Å². The molecule has 78 valence electrons. The molecule has 1 N–H and O–H groups in total. The van der Waals surface area contributed by atoms with E-state index >= 15 is 0 Å². The molecule has 0 aromatic heterocycles. The quantitative estimate of drug-likeness (QED) is 0.777.